The first kappa shape index (κ1) is 18.7. The van der Waals surface area contributed by atoms with Crippen LogP contribution in [0.2, 0.25) is 0 Å². The van der Waals surface area contributed by atoms with E-state index in [1.54, 1.807) is 0 Å². The van der Waals surface area contributed by atoms with E-state index in [-0.39, 0.29) is 5.63 Å². The molecule has 3 aromatic carbocycles. The lowest BCUT2D eigenvalue weighted by Crippen LogP contribution is -2.32. The molecule has 1 aliphatic heterocycles. The molecule has 4 nitrogen and oxygen atoms in total. The van der Waals surface area contributed by atoms with Crippen LogP contribution in [0.5, 0.6) is 5.75 Å². The fraction of sp³-hybridized carbons (Fsp3) is 0.269. The second kappa shape index (κ2) is 7.21. The minimum atomic E-state index is -0.306. The highest BCUT2D eigenvalue weighted by Gasteiger charge is 2.23. The summed E-state index contributed by atoms with van der Waals surface area (Å²) in [6, 6.07) is 18.5. The van der Waals surface area contributed by atoms with Gasteiger partial charge in [-0.3, -0.25) is 0 Å². The lowest BCUT2D eigenvalue weighted by atomic mass is 9.98. The number of rotatable bonds is 3. The average Bonchev–Trinajstić information content (AvgIpc) is 2.79. The number of nitrogens with zero attached hydrogens (tertiary/aromatic N) is 1. The van der Waals surface area contributed by atoms with Crippen molar-refractivity contribution in [3.05, 3.63) is 81.7 Å². The fourth-order valence-corrected chi connectivity index (χ4v) is 4.35. The van der Waals surface area contributed by atoms with E-state index in [1.165, 1.54) is 5.56 Å². The van der Waals surface area contributed by atoms with Crippen LogP contribution in [-0.2, 0) is 6.54 Å². The van der Waals surface area contributed by atoms with E-state index in [2.05, 4.69) is 49.1 Å². The predicted octanol–water partition coefficient (Wildman–Crippen LogP) is 6.12. The van der Waals surface area contributed by atoms with E-state index in [0.29, 0.717) is 23.6 Å². The third-order valence-corrected chi connectivity index (χ3v) is 6.33. The molecular formula is C26H25NO3. The summed E-state index contributed by atoms with van der Waals surface area (Å²) in [6.45, 7) is 7.66. The molecule has 0 radical (unpaired) electrons. The van der Waals surface area contributed by atoms with Gasteiger partial charge in [-0.05, 0) is 54.5 Å². The smallest absolute Gasteiger partial charge is 0.344 e. The molecule has 0 fully saturated rings. The third kappa shape index (κ3) is 2.95. The van der Waals surface area contributed by atoms with Crippen molar-refractivity contribution in [2.24, 2.45) is 0 Å². The number of anilines is 1. The Kier molecular flexibility index (Phi) is 4.50. The summed E-state index contributed by atoms with van der Waals surface area (Å²) < 4.78 is 11.8. The van der Waals surface area contributed by atoms with Crippen LogP contribution in [-0.4, -0.2) is 6.73 Å². The zero-order valence-electron chi connectivity index (χ0n) is 17.6. The highest BCUT2D eigenvalue weighted by atomic mass is 16.5. The largest absolute Gasteiger partial charge is 0.472 e. The second-order valence-electron chi connectivity index (χ2n) is 8.17. The summed E-state index contributed by atoms with van der Waals surface area (Å²) in [5.74, 6) is 1.39. The van der Waals surface area contributed by atoms with E-state index < -0.39 is 0 Å². The van der Waals surface area contributed by atoms with Crippen LogP contribution in [0, 0.1) is 6.92 Å². The minimum Gasteiger partial charge on any atom is -0.472 e. The molecule has 1 aromatic heterocycles. The minimum absolute atomic E-state index is 0.306. The van der Waals surface area contributed by atoms with Crippen LogP contribution in [0.1, 0.15) is 42.9 Å². The van der Waals surface area contributed by atoms with Gasteiger partial charge >= 0.3 is 5.63 Å². The monoisotopic (exact) mass is 399 g/mol. The first-order valence-corrected chi connectivity index (χ1v) is 10.5. The molecule has 0 saturated carbocycles. The van der Waals surface area contributed by atoms with E-state index in [0.717, 1.165) is 46.3 Å². The van der Waals surface area contributed by atoms with Gasteiger partial charge < -0.3 is 14.1 Å². The predicted molar refractivity (Wildman–Crippen MR) is 122 cm³/mol. The molecule has 1 aliphatic rings. The van der Waals surface area contributed by atoms with Crippen LogP contribution in [0.4, 0.5) is 5.69 Å². The first-order valence-electron chi connectivity index (χ1n) is 10.5. The maximum Gasteiger partial charge on any atom is 0.344 e. The second-order valence-corrected chi connectivity index (χ2v) is 8.17. The summed E-state index contributed by atoms with van der Waals surface area (Å²) in [6.07, 6.45) is 1.13. The van der Waals surface area contributed by atoms with Gasteiger partial charge in [-0.2, -0.15) is 0 Å². The number of hydrogen-bond acceptors (Lipinski definition) is 4. The average molecular weight is 399 g/mol. The lowest BCUT2D eigenvalue weighted by Gasteiger charge is -2.32. The summed E-state index contributed by atoms with van der Waals surface area (Å²) in [5, 5.41) is 2.49. The molecule has 4 aromatic rings. The number of fused-ring (bicyclic) bond motifs is 4. The standard InChI is InChI=1S/C26H25NO3/c1-4-16(2)18-9-11-20(12-10-18)27-14-19-13-23-21-7-5-6-8-22(21)26(28)30-25(23)17(3)24(19)29-15-27/h5-13,16H,4,14-15H2,1-3H3/t16-/m1/s1. The summed E-state index contributed by atoms with van der Waals surface area (Å²) >= 11 is 0. The van der Waals surface area contributed by atoms with Gasteiger partial charge in [-0.25, -0.2) is 4.79 Å². The topological polar surface area (TPSA) is 42.7 Å². The van der Waals surface area contributed by atoms with Gasteiger partial charge in [0.15, 0.2) is 6.73 Å². The molecule has 4 heteroatoms. The summed E-state index contributed by atoms with van der Waals surface area (Å²) in [7, 11) is 0. The molecule has 0 spiro atoms. The number of hydrogen-bond donors (Lipinski definition) is 0. The molecule has 0 unspecified atom stereocenters. The normalized spacial score (nSPS) is 14.6. The van der Waals surface area contributed by atoms with Gasteiger partial charge in [-0.15, -0.1) is 0 Å². The van der Waals surface area contributed by atoms with Crippen LogP contribution >= 0.6 is 0 Å². The van der Waals surface area contributed by atoms with Crippen molar-refractivity contribution < 1.29 is 9.15 Å². The van der Waals surface area contributed by atoms with Crippen molar-refractivity contribution in [1.82, 2.24) is 0 Å². The number of aryl methyl sites for hydroxylation is 1. The summed E-state index contributed by atoms with van der Waals surface area (Å²) in [5.41, 5.74) is 4.81. The van der Waals surface area contributed by atoms with Crippen LogP contribution in [0.3, 0.4) is 0 Å². The maximum absolute atomic E-state index is 12.4. The third-order valence-electron chi connectivity index (χ3n) is 6.33. The van der Waals surface area contributed by atoms with Gasteiger partial charge in [0.1, 0.15) is 11.3 Å². The molecule has 2 heterocycles. The Hall–Kier alpha value is -3.27. The molecule has 0 saturated heterocycles. The van der Waals surface area contributed by atoms with Crippen molar-refractivity contribution >= 4 is 27.4 Å². The zero-order chi connectivity index (χ0) is 20.8. The molecule has 0 bridgehead atoms. The van der Waals surface area contributed by atoms with Gasteiger partial charge in [0.25, 0.3) is 0 Å². The number of benzene rings is 3. The molecule has 0 aliphatic carbocycles. The van der Waals surface area contributed by atoms with Crippen molar-refractivity contribution in [3.63, 3.8) is 0 Å². The van der Waals surface area contributed by atoms with Gasteiger partial charge in [0.2, 0.25) is 0 Å². The zero-order valence-corrected chi connectivity index (χ0v) is 17.6. The molecule has 152 valence electrons. The molecule has 5 rings (SSSR count). The Labute approximate surface area is 175 Å². The van der Waals surface area contributed by atoms with E-state index in [9.17, 15) is 4.79 Å². The van der Waals surface area contributed by atoms with Gasteiger partial charge in [0, 0.05) is 28.7 Å². The van der Waals surface area contributed by atoms with E-state index in [1.807, 2.05) is 31.2 Å². The van der Waals surface area contributed by atoms with E-state index >= 15 is 0 Å². The highest BCUT2D eigenvalue weighted by Crippen LogP contribution is 2.38. The van der Waals surface area contributed by atoms with Crippen LogP contribution in [0.25, 0.3) is 21.7 Å². The van der Waals surface area contributed by atoms with Gasteiger partial charge in [-0.1, -0.05) is 44.2 Å². The molecule has 1 atom stereocenters. The summed E-state index contributed by atoms with van der Waals surface area (Å²) in [4.78, 5) is 14.7. The Morgan fingerprint density at radius 3 is 2.50 bits per heavy atom. The Balaban J connectivity index is 1.58. The Morgan fingerprint density at radius 1 is 1.03 bits per heavy atom. The van der Waals surface area contributed by atoms with Crippen molar-refractivity contribution in [1.29, 1.82) is 0 Å². The molecule has 0 amide bonds. The lowest BCUT2D eigenvalue weighted by molar-refractivity contribution is 0.287. The van der Waals surface area contributed by atoms with Crippen molar-refractivity contribution in [2.75, 3.05) is 11.6 Å². The quantitative estimate of drug-likeness (QED) is 0.307. The van der Waals surface area contributed by atoms with Crippen molar-refractivity contribution in [2.45, 2.75) is 39.7 Å². The van der Waals surface area contributed by atoms with Crippen molar-refractivity contribution in [3.8, 4) is 5.75 Å². The highest BCUT2D eigenvalue weighted by molar-refractivity contribution is 6.06. The Morgan fingerprint density at radius 2 is 1.77 bits per heavy atom. The van der Waals surface area contributed by atoms with E-state index in [4.69, 9.17) is 9.15 Å². The van der Waals surface area contributed by atoms with Crippen LogP contribution < -0.4 is 15.3 Å². The molecule has 30 heavy (non-hydrogen) atoms. The maximum atomic E-state index is 12.4. The molecule has 0 N–H and O–H groups in total. The van der Waals surface area contributed by atoms with Gasteiger partial charge in [0.05, 0.1) is 5.39 Å². The number of ether oxygens (including phenoxy) is 1. The van der Waals surface area contributed by atoms with Crippen LogP contribution in [0.15, 0.2) is 63.8 Å². The SMILES string of the molecule is CC[C@@H](C)c1ccc(N2COc3c(cc4c(oc(=O)c5ccccc54)c3C)C2)cc1. The first-order chi connectivity index (χ1) is 14.6. The fourth-order valence-electron chi connectivity index (χ4n) is 4.35. The Bertz CT molecular complexity index is 1300. The molecular weight excluding hydrogens is 374 g/mol.